The lowest BCUT2D eigenvalue weighted by atomic mass is 10.1. The van der Waals surface area contributed by atoms with E-state index in [4.69, 9.17) is 23.2 Å². The van der Waals surface area contributed by atoms with Crippen LogP contribution in [0.5, 0.6) is 0 Å². The Balaban J connectivity index is 2.84. The minimum atomic E-state index is -0.436. The molecule has 0 atom stereocenters. The molecule has 0 saturated carbocycles. The summed E-state index contributed by atoms with van der Waals surface area (Å²) >= 11 is 14.3. The number of carbonyl (C=O) groups excluding carboxylic acids is 1. The van der Waals surface area contributed by atoms with Crippen molar-refractivity contribution in [1.82, 2.24) is 0 Å². The Kier molecular flexibility index (Phi) is 4.93. The lowest BCUT2D eigenvalue weighted by Crippen LogP contribution is -1.93. The minimum absolute atomic E-state index is 0.436. The predicted octanol–water partition coefficient (Wildman–Crippen LogP) is 4.00. The predicted molar refractivity (Wildman–Crippen MR) is 63.4 cm³/mol. The third kappa shape index (κ3) is 3.26. The second-order valence-electron chi connectivity index (χ2n) is 2.87. The van der Waals surface area contributed by atoms with Crippen LogP contribution in [-0.2, 0) is 6.42 Å². The van der Waals surface area contributed by atoms with E-state index in [2.05, 4.69) is 15.9 Å². The summed E-state index contributed by atoms with van der Waals surface area (Å²) in [6.45, 7) is 0. The summed E-state index contributed by atoms with van der Waals surface area (Å²) in [7, 11) is 0. The molecule has 0 unspecified atom stereocenters. The van der Waals surface area contributed by atoms with Gasteiger partial charge in [-0.3, -0.25) is 4.79 Å². The Labute approximate surface area is 102 Å². The smallest absolute Gasteiger partial charge is 0.252 e. The van der Waals surface area contributed by atoms with Gasteiger partial charge in [0.25, 0.3) is 5.24 Å². The van der Waals surface area contributed by atoms with Gasteiger partial charge in [0.15, 0.2) is 0 Å². The largest absolute Gasteiger partial charge is 0.276 e. The van der Waals surface area contributed by atoms with E-state index >= 15 is 0 Å². The lowest BCUT2D eigenvalue weighted by molar-refractivity contribution is 0.108. The highest BCUT2D eigenvalue weighted by Crippen LogP contribution is 2.21. The molecule has 76 valence electrons. The van der Waals surface area contributed by atoms with Crippen molar-refractivity contribution < 1.29 is 4.79 Å². The highest BCUT2D eigenvalue weighted by atomic mass is 79.9. The van der Waals surface area contributed by atoms with Crippen molar-refractivity contribution in [2.75, 3.05) is 5.88 Å². The Hall–Kier alpha value is -0.0500. The lowest BCUT2D eigenvalue weighted by Gasteiger charge is -2.03. The van der Waals surface area contributed by atoms with E-state index in [0.29, 0.717) is 11.4 Å². The van der Waals surface area contributed by atoms with Crippen LogP contribution in [0.4, 0.5) is 0 Å². The van der Waals surface area contributed by atoms with Gasteiger partial charge in [-0.05, 0) is 42.1 Å². The van der Waals surface area contributed by atoms with Gasteiger partial charge in [0, 0.05) is 15.9 Å². The molecular formula is C10H9BrCl2O. The van der Waals surface area contributed by atoms with Crippen LogP contribution in [0.15, 0.2) is 22.7 Å². The van der Waals surface area contributed by atoms with Gasteiger partial charge < -0.3 is 0 Å². The molecular weight excluding hydrogens is 287 g/mol. The Morgan fingerprint density at radius 3 is 2.64 bits per heavy atom. The molecule has 0 N–H and O–H groups in total. The Bertz CT molecular complexity index is 339. The van der Waals surface area contributed by atoms with Crippen molar-refractivity contribution in [3.05, 3.63) is 33.8 Å². The maximum atomic E-state index is 10.8. The molecule has 0 aromatic heterocycles. The number of carbonyl (C=O) groups is 1. The summed E-state index contributed by atoms with van der Waals surface area (Å²) < 4.78 is 0.911. The number of rotatable bonds is 4. The first-order chi connectivity index (χ1) is 6.65. The van der Waals surface area contributed by atoms with Gasteiger partial charge in [-0.25, -0.2) is 0 Å². The van der Waals surface area contributed by atoms with E-state index in [1.54, 1.807) is 12.1 Å². The molecule has 1 aromatic rings. The van der Waals surface area contributed by atoms with Crippen molar-refractivity contribution in [2.24, 2.45) is 0 Å². The second-order valence-corrected chi connectivity index (χ2v) is 4.45. The van der Waals surface area contributed by atoms with Crippen molar-refractivity contribution in [1.29, 1.82) is 0 Å². The highest BCUT2D eigenvalue weighted by Gasteiger charge is 2.05. The summed E-state index contributed by atoms with van der Waals surface area (Å²) in [6.07, 6.45) is 1.83. The van der Waals surface area contributed by atoms with Gasteiger partial charge in [-0.15, -0.1) is 11.6 Å². The van der Waals surface area contributed by atoms with Gasteiger partial charge in [0.05, 0.1) is 0 Å². The van der Waals surface area contributed by atoms with Crippen LogP contribution in [0, 0.1) is 0 Å². The maximum absolute atomic E-state index is 10.8. The van der Waals surface area contributed by atoms with Crippen molar-refractivity contribution >= 4 is 44.4 Å². The number of benzene rings is 1. The normalized spacial score (nSPS) is 10.2. The highest BCUT2D eigenvalue weighted by molar-refractivity contribution is 9.10. The maximum Gasteiger partial charge on any atom is 0.252 e. The molecule has 0 heterocycles. The molecule has 0 bridgehead atoms. The average Bonchev–Trinajstić information content (AvgIpc) is 2.15. The first-order valence-electron chi connectivity index (χ1n) is 4.19. The Morgan fingerprint density at radius 1 is 1.43 bits per heavy atom. The summed E-state index contributed by atoms with van der Waals surface area (Å²) in [4.78, 5) is 10.8. The summed E-state index contributed by atoms with van der Waals surface area (Å²) in [5.74, 6) is 0.641. The average molecular weight is 296 g/mol. The molecule has 0 spiro atoms. The third-order valence-corrected chi connectivity index (χ3v) is 3.08. The number of hydrogen-bond acceptors (Lipinski definition) is 1. The van der Waals surface area contributed by atoms with Gasteiger partial charge in [0.2, 0.25) is 0 Å². The van der Waals surface area contributed by atoms with Crippen LogP contribution < -0.4 is 0 Å². The molecule has 0 amide bonds. The van der Waals surface area contributed by atoms with Crippen molar-refractivity contribution in [3.63, 3.8) is 0 Å². The number of hydrogen-bond donors (Lipinski definition) is 0. The van der Waals surface area contributed by atoms with Gasteiger partial charge >= 0.3 is 0 Å². The molecule has 0 aliphatic heterocycles. The summed E-state index contributed by atoms with van der Waals surface area (Å²) in [6, 6.07) is 5.36. The molecule has 1 aromatic carbocycles. The Morgan fingerprint density at radius 2 is 2.14 bits per heavy atom. The van der Waals surface area contributed by atoms with E-state index in [-0.39, 0.29) is 0 Å². The van der Waals surface area contributed by atoms with Crippen LogP contribution in [0.3, 0.4) is 0 Å². The van der Waals surface area contributed by atoms with Crippen LogP contribution >= 0.6 is 39.1 Å². The first-order valence-corrected chi connectivity index (χ1v) is 5.90. The fourth-order valence-electron chi connectivity index (χ4n) is 1.13. The quantitative estimate of drug-likeness (QED) is 0.606. The van der Waals surface area contributed by atoms with E-state index in [1.807, 2.05) is 6.07 Å². The van der Waals surface area contributed by atoms with Crippen molar-refractivity contribution in [3.8, 4) is 0 Å². The number of halogens is 3. The zero-order chi connectivity index (χ0) is 10.6. The zero-order valence-corrected chi connectivity index (χ0v) is 10.5. The SMILES string of the molecule is O=C(Cl)c1ccc(CCCCl)c(Br)c1. The van der Waals surface area contributed by atoms with Crippen LogP contribution in [-0.4, -0.2) is 11.1 Å². The fourth-order valence-corrected chi connectivity index (χ4v) is 1.96. The molecule has 0 radical (unpaired) electrons. The number of aryl methyl sites for hydroxylation is 1. The summed E-state index contributed by atoms with van der Waals surface area (Å²) in [5, 5.41) is -0.436. The van der Waals surface area contributed by atoms with E-state index in [0.717, 1.165) is 22.9 Å². The van der Waals surface area contributed by atoms with Crippen LogP contribution in [0.1, 0.15) is 22.3 Å². The molecule has 14 heavy (non-hydrogen) atoms. The second kappa shape index (κ2) is 5.74. The first kappa shape index (κ1) is 12.0. The van der Waals surface area contributed by atoms with Crippen molar-refractivity contribution in [2.45, 2.75) is 12.8 Å². The fraction of sp³-hybridized carbons (Fsp3) is 0.300. The van der Waals surface area contributed by atoms with Gasteiger partial charge in [-0.1, -0.05) is 22.0 Å². The molecule has 0 aliphatic carbocycles. The van der Waals surface area contributed by atoms with Crippen LogP contribution in [0.25, 0.3) is 0 Å². The topological polar surface area (TPSA) is 17.1 Å². The molecule has 0 aliphatic rings. The third-order valence-electron chi connectivity index (χ3n) is 1.86. The minimum Gasteiger partial charge on any atom is -0.276 e. The summed E-state index contributed by atoms with van der Waals surface area (Å²) in [5.41, 5.74) is 1.65. The molecule has 0 saturated heterocycles. The molecule has 4 heteroatoms. The van der Waals surface area contributed by atoms with E-state index in [1.165, 1.54) is 0 Å². The van der Waals surface area contributed by atoms with Crippen LogP contribution in [0.2, 0.25) is 0 Å². The molecule has 1 nitrogen and oxygen atoms in total. The molecule has 1 rings (SSSR count). The van der Waals surface area contributed by atoms with E-state index < -0.39 is 5.24 Å². The van der Waals surface area contributed by atoms with E-state index in [9.17, 15) is 4.79 Å². The standard InChI is InChI=1S/C10H9BrCl2O/c11-9-6-8(10(13)14)4-3-7(9)2-1-5-12/h3-4,6H,1-2,5H2. The molecule has 0 fully saturated rings. The zero-order valence-electron chi connectivity index (χ0n) is 7.40. The number of alkyl halides is 1. The van der Waals surface area contributed by atoms with Gasteiger partial charge in [-0.2, -0.15) is 0 Å². The van der Waals surface area contributed by atoms with Gasteiger partial charge in [0.1, 0.15) is 0 Å². The monoisotopic (exact) mass is 294 g/mol.